The number of rotatable bonds is 3. The van der Waals surface area contributed by atoms with Crippen molar-refractivity contribution < 1.29 is 4.79 Å². The zero-order chi connectivity index (χ0) is 18.8. The van der Waals surface area contributed by atoms with Crippen molar-refractivity contribution in [2.75, 3.05) is 4.90 Å². The van der Waals surface area contributed by atoms with E-state index in [1.165, 1.54) is 0 Å². The van der Waals surface area contributed by atoms with E-state index < -0.39 is 0 Å². The van der Waals surface area contributed by atoms with Crippen molar-refractivity contribution in [3.8, 4) is 0 Å². The molecule has 0 fully saturated rings. The number of anilines is 1. The smallest absolute Gasteiger partial charge is 0.266 e. The molecule has 3 aromatic carbocycles. The van der Waals surface area contributed by atoms with E-state index in [4.69, 9.17) is 23.2 Å². The van der Waals surface area contributed by atoms with Gasteiger partial charge in [0.2, 0.25) is 0 Å². The number of amides is 1. The van der Waals surface area contributed by atoms with Crippen LogP contribution in [0.2, 0.25) is 10.0 Å². The molecule has 0 spiro atoms. The normalized spacial score (nSPS) is 15.3. The third-order valence-corrected chi connectivity index (χ3v) is 4.58. The van der Waals surface area contributed by atoms with E-state index in [9.17, 15) is 4.79 Å². The van der Waals surface area contributed by atoms with Gasteiger partial charge in [0.25, 0.3) is 5.91 Å². The monoisotopic (exact) mass is 392 g/mol. The molecule has 3 aromatic rings. The Morgan fingerprint density at radius 3 is 2.22 bits per heavy atom. The van der Waals surface area contributed by atoms with Gasteiger partial charge in [0.1, 0.15) is 11.5 Å². The minimum absolute atomic E-state index is 0.212. The van der Waals surface area contributed by atoms with Gasteiger partial charge in [-0.05, 0) is 42.0 Å². The number of benzene rings is 3. The van der Waals surface area contributed by atoms with E-state index in [0.717, 1.165) is 11.1 Å². The third kappa shape index (κ3) is 3.65. The Hall–Kier alpha value is -2.88. The number of hydrogen-bond donors (Lipinski definition) is 0. The van der Waals surface area contributed by atoms with Gasteiger partial charge in [-0.3, -0.25) is 9.69 Å². The lowest BCUT2D eigenvalue weighted by Gasteiger charge is -2.18. The lowest BCUT2D eigenvalue weighted by atomic mass is 10.1. The molecule has 4 rings (SSSR count). The Kier molecular flexibility index (Phi) is 4.80. The van der Waals surface area contributed by atoms with Crippen LogP contribution < -0.4 is 4.90 Å². The second kappa shape index (κ2) is 7.39. The van der Waals surface area contributed by atoms with Gasteiger partial charge in [0, 0.05) is 15.6 Å². The average Bonchev–Trinajstić information content (AvgIpc) is 2.99. The Labute approximate surface area is 167 Å². The van der Waals surface area contributed by atoms with Gasteiger partial charge >= 0.3 is 0 Å². The summed E-state index contributed by atoms with van der Waals surface area (Å²) in [5.74, 6) is 0.354. The van der Waals surface area contributed by atoms with Gasteiger partial charge in [-0.25, -0.2) is 4.99 Å². The van der Waals surface area contributed by atoms with E-state index in [1.54, 1.807) is 35.2 Å². The lowest BCUT2D eigenvalue weighted by molar-refractivity contribution is -0.113. The van der Waals surface area contributed by atoms with Gasteiger partial charge in [-0.2, -0.15) is 0 Å². The molecule has 0 unspecified atom stereocenters. The van der Waals surface area contributed by atoms with Crippen molar-refractivity contribution >= 4 is 46.7 Å². The predicted octanol–water partition coefficient (Wildman–Crippen LogP) is 5.83. The molecule has 0 N–H and O–H groups in total. The highest BCUT2D eigenvalue weighted by Crippen LogP contribution is 2.29. The number of aliphatic imine (C=N–C) groups is 1. The largest absolute Gasteiger partial charge is 0.282 e. The van der Waals surface area contributed by atoms with Gasteiger partial charge in [0.15, 0.2) is 0 Å². The zero-order valence-electron chi connectivity index (χ0n) is 14.1. The lowest BCUT2D eigenvalue weighted by Crippen LogP contribution is -2.32. The molecule has 1 amide bonds. The van der Waals surface area contributed by atoms with Crippen LogP contribution in [-0.4, -0.2) is 11.7 Å². The first-order valence-corrected chi connectivity index (χ1v) is 9.09. The third-order valence-electron chi connectivity index (χ3n) is 4.11. The molecule has 0 saturated carbocycles. The maximum Gasteiger partial charge on any atom is 0.282 e. The van der Waals surface area contributed by atoms with Crippen LogP contribution in [0.25, 0.3) is 6.08 Å². The second-order valence-corrected chi connectivity index (χ2v) is 6.88. The fourth-order valence-corrected chi connectivity index (χ4v) is 3.29. The average molecular weight is 393 g/mol. The molecule has 132 valence electrons. The molecule has 1 aliphatic heterocycles. The van der Waals surface area contributed by atoms with Crippen molar-refractivity contribution in [2.24, 2.45) is 4.99 Å². The van der Waals surface area contributed by atoms with Gasteiger partial charge < -0.3 is 0 Å². The van der Waals surface area contributed by atoms with E-state index >= 15 is 0 Å². The molecule has 3 nitrogen and oxygen atoms in total. The highest BCUT2D eigenvalue weighted by atomic mass is 35.5. The molecule has 0 aromatic heterocycles. The van der Waals surface area contributed by atoms with Crippen molar-refractivity contribution in [2.45, 2.75) is 0 Å². The maximum atomic E-state index is 13.2. The van der Waals surface area contributed by atoms with E-state index in [0.29, 0.717) is 27.3 Å². The van der Waals surface area contributed by atoms with Crippen LogP contribution in [-0.2, 0) is 4.79 Å². The Bertz CT molecular complexity index is 1070. The number of amidine groups is 1. The highest BCUT2D eigenvalue weighted by Gasteiger charge is 2.32. The molecule has 27 heavy (non-hydrogen) atoms. The number of nitrogens with zero attached hydrogens (tertiary/aromatic N) is 2. The number of carbonyl (C=O) groups excluding carboxylic acids is 1. The van der Waals surface area contributed by atoms with Crippen LogP contribution in [0.4, 0.5) is 5.69 Å². The summed E-state index contributed by atoms with van der Waals surface area (Å²) in [7, 11) is 0. The summed E-state index contributed by atoms with van der Waals surface area (Å²) < 4.78 is 0. The second-order valence-electron chi connectivity index (χ2n) is 6.01. The number of hydrogen-bond acceptors (Lipinski definition) is 2. The summed E-state index contributed by atoms with van der Waals surface area (Å²) in [5.41, 5.74) is 2.68. The SMILES string of the molecule is O=C1C(=Cc2cccc(Cl)c2)N=C(c2ccccc2)N1c1cccc(Cl)c1. The standard InChI is InChI=1S/C22H14Cl2N2O/c23-17-9-4-6-15(12-17)13-20-22(27)26(19-11-5-10-18(24)14-19)21(25-20)16-7-2-1-3-8-16/h1-14H. The summed E-state index contributed by atoms with van der Waals surface area (Å²) in [5, 5.41) is 1.16. The van der Waals surface area contributed by atoms with E-state index in [-0.39, 0.29) is 5.91 Å². The Morgan fingerprint density at radius 2 is 1.52 bits per heavy atom. The van der Waals surface area contributed by atoms with Crippen LogP contribution in [0, 0.1) is 0 Å². The van der Waals surface area contributed by atoms with Crippen LogP contribution in [0.5, 0.6) is 0 Å². The van der Waals surface area contributed by atoms with Crippen LogP contribution in [0.3, 0.4) is 0 Å². The van der Waals surface area contributed by atoms with Gasteiger partial charge in [-0.15, -0.1) is 0 Å². The van der Waals surface area contributed by atoms with Crippen molar-refractivity contribution in [1.29, 1.82) is 0 Å². The quantitative estimate of drug-likeness (QED) is 0.516. The zero-order valence-corrected chi connectivity index (χ0v) is 15.7. The van der Waals surface area contributed by atoms with E-state index in [2.05, 4.69) is 4.99 Å². The molecular weight excluding hydrogens is 379 g/mol. The predicted molar refractivity (Wildman–Crippen MR) is 111 cm³/mol. The molecule has 1 heterocycles. The minimum atomic E-state index is -0.212. The van der Waals surface area contributed by atoms with E-state index in [1.807, 2.05) is 54.6 Å². The Morgan fingerprint density at radius 1 is 0.815 bits per heavy atom. The summed E-state index contributed by atoms with van der Waals surface area (Å²) in [4.78, 5) is 19.4. The molecule has 0 saturated heterocycles. The molecule has 0 atom stereocenters. The van der Waals surface area contributed by atoms with Gasteiger partial charge in [-0.1, -0.05) is 71.7 Å². The van der Waals surface area contributed by atoms with Crippen molar-refractivity contribution in [1.82, 2.24) is 0 Å². The fraction of sp³-hybridized carbons (Fsp3) is 0. The first kappa shape index (κ1) is 17.5. The maximum absolute atomic E-state index is 13.2. The fourth-order valence-electron chi connectivity index (χ4n) is 2.91. The van der Waals surface area contributed by atoms with Crippen LogP contribution in [0.15, 0.2) is 89.6 Å². The first-order chi connectivity index (χ1) is 13.1. The summed E-state index contributed by atoms with van der Waals surface area (Å²) in [6.45, 7) is 0. The number of carbonyl (C=O) groups is 1. The topological polar surface area (TPSA) is 32.7 Å². The number of halogens is 2. The molecule has 0 bridgehead atoms. The first-order valence-electron chi connectivity index (χ1n) is 8.33. The summed E-state index contributed by atoms with van der Waals surface area (Å²) >= 11 is 12.2. The van der Waals surface area contributed by atoms with Gasteiger partial charge in [0.05, 0.1) is 5.69 Å². The summed E-state index contributed by atoms with van der Waals surface area (Å²) in [6.07, 6.45) is 1.74. The molecule has 0 aliphatic carbocycles. The Balaban J connectivity index is 1.83. The molecular formula is C22H14Cl2N2O. The minimum Gasteiger partial charge on any atom is -0.266 e. The van der Waals surface area contributed by atoms with Crippen LogP contribution >= 0.6 is 23.2 Å². The van der Waals surface area contributed by atoms with Crippen molar-refractivity contribution in [3.05, 3.63) is 106 Å². The summed E-state index contributed by atoms with van der Waals surface area (Å²) in [6, 6.07) is 24.1. The molecule has 0 radical (unpaired) electrons. The van der Waals surface area contributed by atoms with Crippen LogP contribution in [0.1, 0.15) is 11.1 Å². The molecule has 5 heteroatoms. The molecule has 1 aliphatic rings. The highest BCUT2D eigenvalue weighted by molar-refractivity contribution is 6.34. The van der Waals surface area contributed by atoms with Crippen molar-refractivity contribution in [3.63, 3.8) is 0 Å².